The molecule has 5 heterocycles. The van der Waals surface area contributed by atoms with Gasteiger partial charge < -0.3 is 53.1 Å². The van der Waals surface area contributed by atoms with Gasteiger partial charge in [-0.2, -0.15) is 18.3 Å². The number of primary amides is 4. The normalized spacial score (nSPS) is 13.7. The van der Waals surface area contributed by atoms with Crippen LogP contribution in [-0.4, -0.2) is 115 Å². The first-order chi connectivity index (χ1) is 66.9. The predicted octanol–water partition coefficient (Wildman–Crippen LogP) is 16.7. The zero-order valence-corrected chi connectivity index (χ0v) is 77.4. The Morgan fingerprint density at radius 3 is 1.21 bits per heavy atom. The van der Waals surface area contributed by atoms with E-state index in [1.807, 2.05) is 0 Å². The topological polar surface area (TPSA) is 430 Å². The molecule has 1 saturated carbocycles. The molecule has 8 aromatic carbocycles. The maximum atomic E-state index is 14.2. The summed E-state index contributed by atoms with van der Waals surface area (Å²) in [7, 11) is 0.429. The van der Waals surface area contributed by atoms with E-state index in [9.17, 15) is 99.4 Å². The number of ether oxygens (including phenoxy) is 2. The first-order valence-corrected chi connectivity index (χ1v) is 43.6. The number of fused-ring (bicyclic) bond motifs is 3. The Labute approximate surface area is 809 Å². The summed E-state index contributed by atoms with van der Waals surface area (Å²) in [5.41, 5.74) is 28.6. The van der Waals surface area contributed by atoms with Gasteiger partial charge in [0.1, 0.15) is 119 Å². The van der Waals surface area contributed by atoms with Crippen LogP contribution in [0.25, 0.3) is 33.4 Å². The number of hydrogen-bond acceptors (Lipinski definition) is 21. The largest absolute Gasteiger partial charge is 0.569 e. The predicted molar refractivity (Wildman–Crippen MR) is 487 cm³/mol. The number of halogens is 16. The first-order valence-electron chi connectivity index (χ1n) is 42.8. The maximum absolute atomic E-state index is 14.2. The van der Waals surface area contributed by atoms with Crippen molar-refractivity contribution in [3.63, 3.8) is 0 Å². The molecule has 739 valence electrons. The molecule has 1 fully saturated rings. The van der Waals surface area contributed by atoms with E-state index in [4.69, 9.17) is 43.2 Å². The molecule has 15 rings (SSSR count). The van der Waals surface area contributed by atoms with Gasteiger partial charge in [0.2, 0.25) is 5.91 Å². The molecule has 2 aliphatic rings. The Morgan fingerprint density at radius 2 is 0.817 bits per heavy atom. The molecule has 27 nitrogen and oxygen atoms in total. The van der Waals surface area contributed by atoms with Crippen molar-refractivity contribution in [1.29, 1.82) is 0 Å². The van der Waals surface area contributed by atoms with Crippen molar-refractivity contribution in [2.75, 3.05) is 0 Å². The van der Waals surface area contributed by atoms with E-state index < -0.39 is 170 Å². The average molecular weight is 2040 g/mol. The Hall–Kier alpha value is -15.2. The molecule has 44 heteroatoms. The molecule has 2 aliphatic carbocycles. The zero-order valence-electron chi connectivity index (χ0n) is 75.8. The van der Waals surface area contributed by atoms with E-state index in [-0.39, 0.29) is 101 Å². The lowest BCUT2D eigenvalue weighted by molar-refractivity contribution is -0.156. The summed E-state index contributed by atoms with van der Waals surface area (Å²) in [4.78, 5) is 117. The van der Waals surface area contributed by atoms with E-state index in [1.54, 1.807) is 47.7 Å². The zero-order chi connectivity index (χ0) is 104. The minimum absolute atomic E-state index is 0.0328. The van der Waals surface area contributed by atoms with Crippen molar-refractivity contribution in [2.45, 2.75) is 147 Å². The number of rotatable bonds is 28. The Morgan fingerprint density at radius 1 is 0.465 bits per heavy atom. The number of benzene rings is 8. The third-order valence-corrected chi connectivity index (χ3v) is 22.0. The van der Waals surface area contributed by atoms with Crippen LogP contribution in [0.1, 0.15) is 194 Å². The fourth-order valence-corrected chi connectivity index (χ4v) is 16.1. The van der Waals surface area contributed by atoms with Gasteiger partial charge in [0, 0.05) is 88.8 Å². The van der Waals surface area contributed by atoms with Crippen LogP contribution in [0.2, 0.25) is 0 Å². The van der Waals surface area contributed by atoms with E-state index in [2.05, 4.69) is 70.9 Å². The van der Waals surface area contributed by atoms with Crippen molar-refractivity contribution < 1.29 is 119 Å². The summed E-state index contributed by atoms with van der Waals surface area (Å²) in [6.45, 7) is 9.97. The third kappa shape index (κ3) is 29.7. The number of nitrogens with zero attached hydrogens (tertiary/aromatic N) is 10. The highest BCUT2D eigenvalue weighted by Crippen LogP contribution is 2.59. The van der Waals surface area contributed by atoms with E-state index in [1.165, 1.54) is 116 Å². The van der Waals surface area contributed by atoms with Gasteiger partial charge >= 0.3 is 25.8 Å². The highest BCUT2D eigenvalue weighted by atomic mass is 79.9. The molecular formula is C98H86BBrF15N16O11. The molecule has 0 bridgehead atoms. The van der Waals surface area contributed by atoms with Crippen LogP contribution in [0, 0.1) is 75.7 Å². The summed E-state index contributed by atoms with van der Waals surface area (Å²) in [6, 6.07) is 25.1. The molecular weight excluding hydrogens is 1950 g/mol. The SMILES string of the molecule is CC(C)(C)OC(=O)C[C@@H](Cc1cc(F)cc(F)c1)c1ncncc1-c1ccc(F)c(C(N)=O)c1.CC(C)(C)OC(=O)C[C@@H](Cc1cc(F)cc(F)c1)c1ncncc1Br.NC(=O)c1cc(-c2cncnc2[C@@H](N)Cc2cc(F)cc(F)c2)ccc1F.NC(=O)c1cc(-c2cncnc2[C@H](Cc2cc(F)cc(F)c2)NC(=O)Cn2nc(C(F)(F)F)c3c2CC2CC32)ccc1F.NC(=O)c1cc(O[B]O)ccc1F. The van der Waals surface area contributed by atoms with Crippen molar-refractivity contribution in [1.82, 2.24) is 55.0 Å². The fourth-order valence-electron chi connectivity index (χ4n) is 15.6. The van der Waals surface area contributed by atoms with Crippen LogP contribution in [0.5, 0.6) is 5.75 Å². The van der Waals surface area contributed by atoms with Crippen LogP contribution >= 0.6 is 15.9 Å². The number of nitrogens with two attached hydrogens (primary N) is 5. The number of nitrogens with one attached hydrogen (secondary N) is 1. The Bertz CT molecular complexity index is 6800. The third-order valence-electron chi connectivity index (χ3n) is 21.4. The van der Waals surface area contributed by atoms with Crippen LogP contribution < -0.4 is 38.6 Å². The molecule has 12 N–H and O–H groups in total. The van der Waals surface area contributed by atoms with Crippen molar-refractivity contribution in [3.8, 4) is 39.1 Å². The number of alkyl halides is 3. The van der Waals surface area contributed by atoms with Crippen molar-refractivity contribution in [2.24, 2.45) is 34.6 Å². The summed E-state index contributed by atoms with van der Waals surface area (Å²) in [6.07, 6.45) is 7.36. The lowest BCUT2D eigenvalue weighted by Gasteiger charge is -2.23. The smallest absolute Gasteiger partial charge is 0.537 e. The van der Waals surface area contributed by atoms with Crippen LogP contribution in [0.15, 0.2) is 200 Å². The monoisotopic (exact) mass is 2040 g/mol. The number of aromatic nitrogens is 10. The molecule has 5 aromatic heterocycles. The van der Waals surface area contributed by atoms with Gasteiger partial charge in [0.25, 0.3) is 23.6 Å². The standard InChI is InChI=1S/C29H22F6N6O2.C25H24F3N3O3.C19H15F3N4O.C18H19BrF2N2O2.C7H6BFNO3/c30-16-3-13(4-17(31)9-16)5-22(26-20(10-37-12-38-26)14-1-2-21(32)19(6-14)28(36)43)39-24(42)11-41-23-8-15-7-18(15)25(23)27(40-41)29(33,34)35;1-25(2,3)34-22(32)10-16(6-14-7-17(26)11-18(27)8-14)23-20(12-30-13-31-23)15-4-5-21(28)19(9-15)24(29)33;20-12-3-10(4-13(21)7-12)5-17(23)18-15(8-25-9-26-18)11-1-2-16(22)14(6-11)19(24)27;1-18(2,3)25-16(24)7-12(17-15(19)9-22-10-23-17)4-11-5-13(20)8-14(21)6-11;9-6-2-1-4(13-8-12)3-5(6)7(10)11/h1-4,6,9-10,12,15,18,22H,5,7-8,11H2,(H2,36,43)(H,39,42);4-5,7-9,11-13,16H,6,10H2,1-3H3,(H2,29,33);1-4,6-9,17H,5,23H2,(H2,24,27);5-6,8-10,12H,4,7H2,1-3H3;1-3,12H,(H2,10,11)/t15?,18?,22-;16-;17-;12-;/m0101./s1. The molecule has 2 unspecified atom stereocenters. The molecule has 13 aromatic rings. The second-order valence-electron chi connectivity index (χ2n) is 34.4. The van der Waals surface area contributed by atoms with E-state index in [0.717, 1.165) is 71.7 Å². The highest BCUT2D eigenvalue weighted by molar-refractivity contribution is 9.10. The minimum atomic E-state index is -4.68. The Kier molecular flexibility index (Phi) is 35.3. The summed E-state index contributed by atoms with van der Waals surface area (Å²) < 4.78 is 223. The number of amides is 5. The molecule has 5 amide bonds. The van der Waals surface area contributed by atoms with Crippen molar-refractivity contribution in [3.05, 3.63) is 354 Å². The summed E-state index contributed by atoms with van der Waals surface area (Å²) >= 11 is 3.37. The molecule has 0 spiro atoms. The lowest BCUT2D eigenvalue weighted by atomic mass is 9.88. The number of carbonyl (C=O) groups is 7. The van der Waals surface area contributed by atoms with Crippen LogP contribution in [-0.2, 0) is 68.7 Å². The molecule has 142 heavy (non-hydrogen) atoms. The number of hydrogen-bond donors (Lipinski definition) is 7. The molecule has 0 saturated heterocycles. The first kappa shape index (κ1) is 107. The second-order valence-corrected chi connectivity index (χ2v) is 35.3. The Balaban J connectivity index is 0.000000176. The fraction of sp³-hybridized carbons (Fsp3) is 0.245. The van der Waals surface area contributed by atoms with Crippen LogP contribution in [0.3, 0.4) is 0 Å². The molecule has 1 radical (unpaired) electrons. The van der Waals surface area contributed by atoms with Gasteiger partial charge in [-0.05, 0) is 250 Å². The van der Waals surface area contributed by atoms with Gasteiger partial charge in [-0.25, -0.2) is 92.6 Å². The minimum Gasteiger partial charge on any atom is -0.537 e. The summed E-state index contributed by atoms with van der Waals surface area (Å²) in [5, 5.41) is 14.7. The van der Waals surface area contributed by atoms with E-state index >= 15 is 0 Å². The lowest BCUT2D eigenvalue weighted by Crippen LogP contribution is -2.34. The maximum Gasteiger partial charge on any atom is 0.569 e. The van der Waals surface area contributed by atoms with Crippen LogP contribution in [0.4, 0.5) is 65.9 Å². The van der Waals surface area contributed by atoms with Gasteiger partial charge in [-0.1, -0.05) is 18.2 Å². The van der Waals surface area contributed by atoms with Crippen molar-refractivity contribution >= 4 is 65.1 Å². The quantitative estimate of drug-likeness (QED) is 0.0136. The number of esters is 2. The molecule has 6 atom stereocenters. The van der Waals surface area contributed by atoms with Gasteiger partial charge in [-0.15, -0.1) is 0 Å². The van der Waals surface area contributed by atoms with E-state index in [0.29, 0.717) is 92.8 Å². The highest BCUT2D eigenvalue weighted by Gasteiger charge is 2.54. The van der Waals surface area contributed by atoms with Gasteiger partial charge in [0.05, 0.1) is 74.4 Å². The molecule has 0 aliphatic heterocycles. The second kappa shape index (κ2) is 46.7. The van der Waals surface area contributed by atoms with Gasteiger partial charge in [0.15, 0.2) is 5.69 Å². The number of carbonyl (C=O) groups excluding carboxylic acids is 7. The van der Waals surface area contributed by atoms with Gasteiger partial charge in [-0.3, -0.25) is 38.2 Å². The average Bonchev–Trinajstić information content (AvgIpc) is 1.55. The summed E-state index contributed by atoms with van der Waals surface area (Å²) in [5.74, 6) is -15.6.